The molecule has 1 heterocycles. The number of amides is 2. The summed E-state index contributed by atoms with van der Waals surface area (Å²) >= 11 is 0. The van der Waals surface area contributed by atoms with Gasteiger partial charge in [0.25, 0.3) is 0 Å². The fourth-order valence-electron chi connectivity index (χ4n) is 3.24. The summed E-state index contributed by atoms with van der Waals surface area (Å²) in [5, 5.41) is 9.52. The molecule has 1 aliphatic carbocycles. The van der Waals surface area contributed by atoms with E-state index in [1.54, 1.807) is 0 Å². The van der Waals surface area contributed by atoms with Gasteiger partial charge in [0.2, 0.25) is 11.8 Å². The van der Waals surface area contributed by atoms with Gasteiger partial charge in [0.15, 0.2) is 0 Å². The second-order valence-corrected chi connectivity index (χ2v) is 5.85. The Kier molecular flexibility index (Phi) is 4.05. The number of piperidine rings is 1. The van der Waals surface area contributed by atoms with Crippen LogP contribution in [0.5, 0.6) is 0 Å². The molecule has 1 unspecified atom stereocenters. The average molecular weight is 253 g/mol. The summed E-state index contributed by atoms with van der Waals surface area (Å²) in [5.41, 5.74) is -0.0198. The lowest BCUT2D eigenvalue weighted by molar-refractivity contribution is -0.153. The molecular weight excluding hydrogens is 230 g/mol. The molecule has 2 fully saturated rings. The lowest BCUT2D eigenvalue weighted by atomic mass is 9.76. The maximum atomic E-state index is 12.1. The number of aliphatic hydroxyl groups excluding tert-OH is 1. The van der Waals surface area contributed by atoms with Crippen molar-refractivity contribution < 1.29 is 14.7 Å². The molecule has 2 aliphatic rings. The number of carbonyl (C=O) groups is 2. The summed E-state index contributed by atoms with van der Waals surface area (Å²) in [6, 6.07) is 0. The van der Waals surface area contributed by atoms with Gasteiger partial charge in [-0.05, 0) is 31.1 Å². The third kappa shape index (κ3) is 2.74. The van der Waals surface area contributed by atoms with E-state index in [2.05, 4.69) is 0 Å². The van der Waals surface area contributed by atoms with Crippen LogP contribution in [-0.2, 0) is 9.59 Å². The van der Waals surface area contributed by atoms with Crippen molar-refractivity contribution in [3.63, 3.8) is 0 Å². The third-order valence-corrected chi connectivity index (χ3v) is 4.48. The SMILES string of the molecule is CCC(O)CCN1C(=O)CC2(CCCC2)CC1=O. The van der Waals surface area contributed by atoms with Crippen molar-refractivity contribution >= 4 is 11.8 Å². The molecule has 0 radical (unpaired) electrons. The first-order valence-corrected chi connectivity index (χ1v) is 7.07. The van der Waals surface area contributed by atoms with Gasteiger partial charge in [-0.2, -0.15) is 0 Å². The van der Waals surface area contributed by atoms with Gasteiger partial charge < -0.3 is 5.11 Å². The molecule has 102 valence electrons. The number of carbonyl (C=O) groups excluding carboxylic acids is 2. The topological polar surface area (TPSA) is 57.6 Å². The highest BCUT2D eigenvalue weighted by atomic mass is 16.3. The molecule has 0 aromatic carbocycles. The summed E-state index contributed by atoms with van der Waals surface area (Å²) < 4.78 is 0. The van der Waals surface area contributed by atoms with Crippen molar-refractivity contribution in [2.24, 2.45) is 5.41 Å². The molecule has 1 spiro atoms. The van der Waals surface area contributed by atoms with Crippen LogP contribution in [0.25, 0.3) is 0 Å². The molecule has 2 rings (SSSR count). The number of imide groups is 1. The highest BCUT2D eigenvalue weighted by molar-refractivity contribution is 5.98. The van der Waals surface area contributed by atoms with Crippen LogP contribution in [0.3, 0.4) is 0 Å². The van der Waals surface area contributed by atoms with Crippen LogP contribution in [0.15, 0.2) is 0 Å². The predicted octanol–water partition coefficient (Wildman–Crippen LogP) is 1.86. The van der Waals surface area contributed by atoms with Crippen LogP contribution in [0, 0.1) is 5.41 Å². The van der Waals surface area contributed by atoms with E-state index in [0.717, 1.165) is 25.7 Å². The third-order valence-electron chi connectivity index (χ3n) is 4.48. The highest BCUT2D eigenvalue weighted by Crippen LogP contribution is 2.46. The number of rotatable bonds is 4. The van der Waals surface area contributed by atoms with E-state index in [1.807, 2.05) is 6.92 Å². The Hall–Kier alpha value is -0.900. The smallest absolute Gasteiger partial charge is 0.229 e. The van der Waals surface area contributed by atoms with Crippen LogP contribution in [-0.4, -0.2) is 34.5 Å². The molecule has 0 bridgehead atoms. The largest absolute Gasteiger partial charge is 0.393 e. The van der Waals surface area contributed by atoms with E-state index in [4.69, 9.17) is 0 Å². The molecule has 1 N–H and O–H groups in total. The molecular formula is C14H23NO3. The van der Waals surface area contributed by atoms with E-state index >= 15 is 0 Å². The van der Waals surface area contributed by atoms with Crippen LogP contribution >= 0.6 is 0 Å². The summed E-state index contributed by atoms with van der Waals surface area (Å²) in [5.74, 6) is -0.0621. The van der Waals surface area contributed by atoms with Gasteiger partial charge in [0.05, 0.1) is 6.10 Å². The fraction of sp³-hybridized carbons (Fsp3) is 0.857. The molecule has 1 atom stereocenters. The van der Waals surface area contributed by atoms with Gasteiger partial charge in [-0.15, -0.1) is 0 Å². The Morgan fingerprint density at radius 2 is 1.78 bits per heavy atom. The molecule has 1 saturated carbocycles. The molecule has 2 amide bonds. The van der Waals surface area contributed by atoms with Gasteiger partial charge in [0.1, 0.15) is 0 Å². The predicted molar refractivity (Wildman–Crippen MR) is 67.8 cm³/mol. The lowest BCUT2D eigenvalue weighted by Gasteiger charge is -2.37. The van der Waals surface area contributed by atoms with E-state index in [0.29, 0.717) is 32.2 Å². The second-order valence-electron chi connectivity index (χ2n) is 5.85. The molecule has 18 heavy (non-hydrogen) atoms. The van der Waals surface area contributed by atoms with Crippen LogP contribution in [0.4, 0.5) is 0 Å². The van der Waals surface area contributed by atoms with Crippen molar-refractivity contribution in [2.75, 3.05) is 6.54 Å². The highest BCUT2D eigenvalue weighted by Gasteiger charge is 2.44. The Morgan fingerprint density at radius 3 is 2.28 bits per heavy atom. The number of likely N-dealkylation sites (tertiary alicyclic amines) is 1. The Balaban J connectivity index is 1.94. The van der Waals surface area contributed by atoms with Crippen LogP contribution < -0.4 is 0 Å². The van der Waals surface area contributed by atoms with Gasteiger partial charge in [-0.3, -0.25) is 14.5 Å². The maximum Gasteiger partial charge on any atom is 0.229 e. The monoisotopic (exact) mass is 253 g/mol. The first kappa shape index (κ1) is 13.5. The Labute approximate surface area is 108 Å². The Bertz CT molecular complexity index is 314. The zero-order chi connectivity index (χ0) is 13.2. The van der Waals surface area contributed by atoms with Crippen molar-refractivity contribution in [3.8, 4) is 0 Å². The molecule has 1 saturated heterocycles. The van der Waals surface area contributed by atoms with Crippen LogP contribution in [0.1, 0.15) is 58.3 Å². The second kappa shape index (κ2) is 5.39. The number of hydrogen-bond donors (Lipinski definition) is 1. The zero-order valence-electron chi connectivity index (χ0n) is 11.2. The van der Waals surface area contributed by atoms with Gasteiger partial charge in [-0.25, -0.2) is 0 Å². The van der Waals surface area contributed by atoms with E-state index in [-0.39, 0.29) is 17.2 Å². The van der Waals surface area contributed by atoms with E-state index in [1.165, 1.54) is 4.90 Å². The molecule has 4 heteroatoms. The lowest BCUT2D eigenvalue weighted by Crippen LogP contribution is -2.47. The van der Waals surface area contributed by atoms with Crippen molar-refractivity contribution in [3.05, 3.63) is 0 Å². The normalized spacial score (nSPS) is 24.9. The summed E-state index contributed by atoms with van der Waals surface area (Å²) in [4.78, 5) is 25.5. The van der Waals surface area contributed by atoms with Gasteiger partial charge in [-0.1, -0.05) is 19.8 Å². The molecule has 1 aliphatic heterocycles. The van der Waals surface area contributed by atoms with E-state index < -0.39 is 6.10 Å². The minimum absolute atomic E-state index is 0.0198. The summed E-state index contributed by atoms with van der Waals surface area (Å²) in [7, 11) is 0. The average Bonchev–Trinajstić information content (AvgIpc) is 2.75. The molecule has 4 nitrogen and oxygen atoms in total. The quantitative estimate of drug-likeness (QED) is 0.778. The van der Waals surface area contributed by atoms with Gasteiger partial charge in [0, 0.05) is 19.4 Å². The minimum Gasteiger partial charge on any atom is -0.393 e. The van der Waals surface area contributed by atoms with Crippen molar-refractivity contribution in [2.45, 2.75) is 64.4 Å². The minimum atomic E-state index is -0.409. The molecule has 0 aromatic rings. The fourth-order valence-corrected chi connectivity index (χ4v) is 3.24. The van der Waals surface area contributed by atoms with Gasteiger partial charge >= 0.3 is 0 Å². The maximum absolute atomic E-state index is 12.1. The summed E-state index contributed by atoms with van der Waals surface area (Å²) in [6.07, 6.45) is 6.16. The molecule has 0 aromatic heterocycles. The van der Waals surface area contributed by atoms with Crippen molar-refractivity contribution in [1.29, 1.82) is 0 Å². The first-order chi connectivity index (χ1) is 8.56. The Morgan fingerprint density at radius 1 is 1.22 bits per heavy atom. The zero-order valence-corrected chi connectivity index (χ0v) is 11.2. The van der Waals surface area contributed by atoms with Crippen LogP contribution in [0.2, 0.25) is 0 Å². The first-order valence-electron chi connectivity index (χ1n) is 7.07. The number of hydrogen-bond acceptors (Lipinski definition) is 3. The summed E-state index contributed by atoms with van der Waals surface area (Å²) in [6.45, 7) is 2.28. The van der Waals surface area contributed by atoms with E-state index in [9.17, 15) is 14.7 Å². The van der Waals surface area contributed by atoms with Crippen molar-refractivity contribution in [1.82, 2.24) is 4.90 Å². The standard InChI is InChI=1S/C14H23NO3/c1-2-11(16)5-8-15-12(17)9-14(10-13(15)18)6-3-4-7-14/h11,16H,2-10H2,1H3. The number of nitrogens with zero attached hydrogens (tertiary/aromatic N) is 1. The number of aliphatic hydroxyl groups is 1.